The Labute approximate surface area is 494 Å². The van der Waals surface area contributed by atoms with E-state index in [-0.39, 0.29) is 80.8 Å². The fourth-order valence-electron chi connectivity index (χ4n) is 11.0. The number of esters is 4. The van der Waals surface area contributed by atoms with Crippen LogP contribution in [0.4, 0.5) is 5.82 Å². The zero-order valence-electron chi connectivity index (χ0n) is 51.8. The molecule has 1 saturated heterocycles. The van der Waals surface area contributed by atoms with Crippen molar-refractivity contribution in [1.82, 2.24) is 19.4 Å². The topological polar surface area (TPSA) is 200 Å². The van der Waals surface area contributed by atoms with Crippen molar-refractivity contribution >= 4 is 52.5 Å². The summed E-state index contributed by atoms with van der Waals surface area (Å²) in [6, 6.07) is 3.78. The van der Waals surface area contributed by atoms with Gasteiger partial charge in [0, 0.05) is 58.4 Å². The Balaban J connectivity index is 1.28. The Kier molecular flexibility index (Phi) is 40.2. The van der Waals surface area contributed by atoms with E-state index in [0.717, 1.165) is 76.0 Å². The summed E-state index contributed by atoms with van der Waals surface area (Å²) in [4.78, 5) is 89.4. The van der Waals surface area contributed by atoms with Crippen molar-refractivity contribution in [2.24, 2.45) is 5.92 Å². The Bertz CT molecular complexity index is 2060. The molecular weight excluding hydrogens is 1040 g/mol. The number of fused-ring (bicyclic) bond motifs is 1. The molecule has 464 valence electrons. The number of aromatic nitrogens is 3. The van der Waals surface area contributed by atoms with Gasteiger partial charge in [0.05, 0.1) is 24.1 Å². The first-order valence-electron chi connectivity index (χ1n) is 32.9. The quantitative estimate of drug-likeness (QED) is 0.0344. The van der Waals surface area contributed by atoms with Crippen LogP contribution in [0.1, 0.15) is 289 Å². The minimum absolute atomic E-state index is 0.0162. The minimum Gasteiger partial charge on any atom is -0.466 e. The van der Waals surface area contributed by atoms with Gasteiger partial charge >= 0.3 is 23.9 Å². The fourth-order valence-corrected chi connectivity index (χ4v) is 11.0. The van der Waals surface area contributed by atoms with Gasteiger partial charge in [0.1, 0.15) is 31.8 Å². The Morgan fingerprint density at radius 1 is 0.573 bits per heavy atom. The molecule has 0 radical (unpaired) electrons. The third-order valence-electron chi connectivity index (χ3n) is 16.2. The fraction of sp³-hybridized carbons (Fsp3) is 0.803. The summed E-state index contributed by atoms with van der Waals surface area (Å²) in [6.45, 7) is 7.72. The summed E-state index contributed by atoms with van der Waals surface area (Å²) in [5.74, 6) is -0.639. The normalized spacial score (nSPS) is 14.2. The lowest BCUT2D eigenvalue weighted by atomic mass is 9.92. The van der Waals surface area contributed by atoms with Gasteiger partial charge in [-0.05, 0) is 56.9 Å². The number of hydrogen-bond donors (Lipinski definition) is 0. The smallest absolute Gasteiger partial charge is 0.306 e. The molecule has 2 aromatic heterocycles. The molecule has 0 aromatic carbocycles. The lowest BCUT2D eigenvalue weighted by Crippen LogP contribution is -2.52. The monoisotopic (exact) mass is 1150 g/mol. The first kappa shape index (κ1) is 71.2. The molecule has 1 aliphatic heterocycles. The lowest BCUT2D eigenvalue weighted by molar-refractivity contribution is -0.167. The van der Waals surface area contributed by atoms with Gasteiger partial charge in [0.25, 0.3) is 0 Å². The molecule has 0 spiro atoms. The van der Waals surface area contributed by atoms with Crippen LogP contribution in [-0.2, 0) is 42.9 Å². The van der Waals surface area contributed by atoms with Gasteiger partial charge in [-0.3, -0.25) is 33.3 Å². The summed E-state index contributed by atoms with van der Waals surface area (Å²) in [5, 5.41) is 9.78. The molecule has 1 aliphatic rings. The number of likely N-dealkylation sites (N-methyl/N-ethyl adjacent to an activating group) is 1. The van der Waals surface area contributed by atoms with Crippen molar-refractivity contribution in [2.45, 2.75) is 296 Å². The number of unbranched alkanes of at least 4 members (excludes halogenated alkanes) is 30. The summed E-state index contributed by atoms with van der Waals surface area (Å²) < 4.78 is 23.8. The van der Waals surface area contributed by atoms with Gasteiger partial charge in [-0.25, -0.2) is 9.97 Å². The third-order valence-corrected chi connectivity index (χ3v) is 16.2. The molecule has 0 aliphatic carbocycles. The van der Waals surface area contributed by atoms with Crippen molar-refractivity contribution in [3.8, 4) is 6.07 Å². The number of nitrogens with zero attached hydrogens (tertiary/aromatic N) is 6. The molecule has 0 N–H and O–H groups in total. The van der Waals surface area contributed by atoms with E-state index in [1.807, 2.05) is 19.2 Å². The number of amides is 1. The number of likely N-dealkylation sites (tertiary alicyclic amines) is 1. The van der Waals surface area contributed by atoms with Crippen molar-refractivity contribution in [2.75, 3.05) is 44.9 Å². The van der Waals surface area contributed by atoms with Crippen LogP contribution in [0.15, 0.2) is 18.6 Å². The van der Waals surface area contributed by atoms with E-state index >= 15 is 0 Å². The van der Waals surface area contributed by atoms with Crippen LogP contribution in [0, 0.1) is 17.2 Å². The number of rotatable bonds is 50. The Hall–Kier alpha value is -5.07. The van der Waals surface area contributed by atoms with Crippen LogP contribution < -0.4 is 4.90 Å². The predicted molar refractivity (Wildman–Crippen MR) is 325 cm³/mol. The standard InChI is InChI=1S/C66H110N6O10/c1-5-7-9-11-13-15-17-19-21-23-25-29-34-41-62(76)80-52-56(53-81-63(77)42-35-30-26-24-22-20-18-16-14-12-10-8-6-2)82-64(78)43-36-32-28-27-31-33-40-61(75)79-50-38-37-39-60(74)72-49-46-57-65(68-54-69-66(57)72)70(4)58-51-71(48-45-55(58)3)59(73)44-47-67/h46,49,54-56,58H,5-45,48,50-53H2,1-4H3/t55-,58+/m1/s1. The molecule has 16 heteroatoms. The van der Waals surface area contributed by atoms with E-state index < -0.39 is 12.1 Å². The summed E-state index contributed by atoms with van der Waals surface area (Å²) >= 11 is 0. The van der Waals surface area contributed by atoms with Crippen LogP contribution in [0.2, 0.25) is 0 Å². The summed E-state index contributed by atoms with van der Waals surface area (Å²) in [5.41, 5.74) is 0.511. The van der Waals surface area contributed by atoms with Crippen LogP contribution in [0.5, 0.6) is 0 Å². The van der Waals surface area contributed by atoms with E-state index in [1.54, 1.807) is 15.7 Å². The van der Waals surface area contributed by atoms with Gasteiger partial charge in [0.2, 0.25) is 11.8 Å². The summed E-state index contributed by atoms with van der Waals surface area (Å²) in [7, 11) is 1.94. The molecule has 3 rings (SSSR count). The highest BCUT2D eigenvalue weighted by atomic mass is 16.6. The van der Waals surface area contributed by atoms with Crippen molar-refractivity contribution in [3.05, 3.63) is 18.6 Å². The Morgan fingerprint density at radius 3 is 1.46 bits per heavy atom. The third kappa shape index (κ3) is 32.1. The Morgan fingerprint density at radius 2 is 1.00 bits per heavy atom. The maximum Gasteiger partial charge on any atom is 0.306 e. The average molecular weight is 1150 g/mol. The molecule has 0 saturated carbocycles. The second-order valence-electron chi connectivity index (χ2n) is 23.4. The van der Waals surface area contributed by atoms with Crippen molar-refractivity contribution in [3.63, 3.8) is 0 Å². The first-order valence-corrected chi connectivity index (χ1v) is 32.9. The molecule has 16 nitrogen and oxygen atoms in total. The molecule has 2 aromatic rings. The van der Waals surface area contributed by atoms with Gasteiger partial charge in [-0.1, -0.05) is 201 Å². The van der Waals surface area contributed by atoms with E-state index in [1.165, 1.54) is 135 Å². The van der Waals surface area contributed by atoms with E-state index in [2.05, 4.69) is 35.6 Å². The number of carbonyl (C=O) groups is 6. The molecular formula is C66H110N6O10. The highest BCUT2D eigenvalue weighted by Gasteiger charge is 2.33. The predicted octanol–water partition coefficient (Wildman–Crippen LogP) is 15.5. The SMILES string of the molecule is CCCCCCCCCCCCCCCC(=O)OCC(COC(=O)CCCCCCCCCCCCCCC)OC(=O)CCCCCCCCC(=O)OCCCCC(=O)n1ccc2c(N(C)[C@H]3CN(C(=O)CC#N)CC[C@H]3C)ncnc21. The van der Waals surface area contributed by atoms with Gasteiger partial charge < -0.3 is 28.7 Å². The van der Waals surface area contributed by atoms with Crippen molar-refractivity contribution < 1.29 is 47.7 Å². The largest absolute Gasteiger partial charge is 0.466 e. The molecule has 0 bridgehead atoms. The molecule has 3 heterocycles. The second-order valence-corrected chi connectivity index (χ2v) is 23.4. The van der Waals surface area contributed by atoms with Gasteiger partial charge in [0.15, 0.2) is 11.8 Å². The first-order chi connectivity index (χ1) is 40.0. The highest BCUT2D eigenvalue weighted by molar-refractivity contribution is 5.95. The van der Waals surface area contributed by atoms with E-state index in [0.29, 0.717) is 69.5 Å². The van der Waals surface area contributed by atoms with Gasteiger partial charge in [-0.2, -0.15) is 5.26 Å². The maximum absolute atomic E-state index is 13.3. The molecule has 2 atom stereocenters. The molecule has 1 fully saturated rings. The van der Waals surface area contributed by atoms with Gasteiger partial charge in [-0.15, -0.1) is 0 Å². The summed E-state index contributed by atoms with van der Waals surface area (Å²) in [6.07, 6.45) is 42.2. The number of hydrogen-bond acceptors (Lipinski definition) is 14. The second kappa shape index (κ2) is 46.3. The molecule has 82 heavy (non-hydrogen) atoms. The lowest BCUT2D eigenvalue weighted by Gasteiger charge is -2.42. The zero-order valence-corrected chi connectivity index (χ0v) is 51.8. The van der Waals surface area contributed by atoms with Crippen LogP contribution in [0.3, 0.4) is 0 Å². The molecule has 1 amide bonds. The number of nitriles is 1. The highest BCUT2D eigenvalue weighted by Crippen LogP contribution is 2.30. The minimum atomic E-state index is -0.855. The number of carbonyl (C=O) groups excluding carboxylic acids is 6. The van der Waals surface area contributed by atoms with Crippen molar-refractivity contribution in [1.29, 1.82) is 5.26 Å². The van der Waals surface area contributed by atoms with Crippen LogP contribution in [0.25, 0.3) is 11.0 Å². The molecule has 0 unspecified atom stereocenters. The van der Waals surface area contributed by atoms with E-state index in [4.69, 9.17) is 24.2 Å². The zero-order chi connectivity index (χ0) is 59.3. The number of ether oxygens (including phenoxy) is 4. The van der Waals surface area contributed by atoms with Crippen LogP contribution in [-0.4, -0.2) is 107 Å². The van der Waals surface area contributed by atoms with Crippen LogP contribution >= 0.6 is 0 Å². The average Bonchev–Trinajstić information content (AvgIpc) is 4.11. The number of anilines is 1. The number of piperidine rings is 1. The maximum atomic E-state index is 13.3. The van der Waals surface area contributed by atoms with E-state index in [9.17, 15) is 28.8 Å².